The van der Waals surface area contributed by atoms with Gasteiger partial charge in [-0.2, -0.15) is 11.8 Å². The van der Waals surface area contributed by atoms with Gasteiger partial charge >= 0.3 is 0 Å². The van der Waals surface area contributed by atoms with E-state index in [-0.39, 0.29) is 4.99 Å². The van der Waals surface area contributed by atoms with Crippen molar-refractivity contribution in [3.05, 3.63) is 30.3 Å². The van der Waals surface area contributed by atoms with Crippen LogP contribution in [-0.4, -0.2) is 11.2 Å². The summed E-state index contributed by atoms with van der Waals surface area (Å²) in [6, 6.07) is 9.27. The molecule has 0 aromatic heterocycles. The first-order chi connectivity index (χ1) is 6.24. The fraction of sp³-hybridized carbons (Fsp3) is 0.333. The number of para-hydroxylation sites is 1. The third-order valence-corrected chi connectivity index (χ3v) is 4.74. The quantitative estimate of drug-likeness (QED) is 0.723. The van der Waals surface area contributed by atoms with Crippen LogP contribution in [0.25, 0.3) is 0 Å². The third-order valence-electron chi connectivity index (χ3n) is 1.65. The first-order valence-corrected chi connectivity index (χ1v) is 6.71. The summed E-state index contributed by atoms with van der Waals surface area (Å²) in [6.45, 7) is 1.91. The SMILES string of the molecule is CSC(C)[PH](=O)Oc1ccccc1. The maximum atomic E-state index is 11.5. The summed E-state index contributed by atoms with van der Waals surface area (Å²) in [5, 5.41) is 0. The highest BCUT2D eigenvalue weighted by atomic mass is 32.2. The minimum Gasteiger partial charge on any atom is -0.444 e. The normalized spacial score (nSPS) is 14.9. The van der Waals surface area contributed by atoms with E-state index in [0.717, 1.165) is 0 Å². The van der Waals surface area contributed by atoms with Gasteiger partial charge in [0, 0.05) is 0 Å². The first-order valence-electron chi connectivity index (χ1n) is 4.03. The van der Waals surface area contributed by atoms with E-state index in [4.69, 9.17) is 4.52 Å². The maximum absolute atomic E-state index is 11.5. The van der Waals surface area contributed by atoms with Crippen LogP contribution in [0.5, 0.6) is 5.75 Å². The minimum absolute atomic E-state index is 0.0743. The summed E-state index contributed by atoms with van der Waals surface area (Å²) in [5.41, 5.74) is 0. The molecular formula is C9H13O2PS. The molecule has 2 atom stereocenters. The molecule has 4 heteroatoms. The first kappa shape index (κ1) is 10.7. The van der Waals surface area contributed by atoms with Gasteiger partial charge in [-0.05, 0) is 25.3 Å². The molecule has 13 heavy (non-hydrogen) atoms. The lowest BCUT2D eigenvalue weighted by atomic mass is 10.3. The van der Waals surface area contributed by atoms with E-state index in [1.165, 1.54) is 0 Å². The Kier molecular flexibility index (Phi) is 4.40. The number of thioether (sulfide) groups is 1. The molecular weight excluding hydrogens is 203 g/mol. The van der Waals surface area contributed by atoms with Gasteiger partial charge < -0.3 is 4.52 Å². The van der Waals surface area contributed by atoms with E-state index >= 15 is 0 Å². The van der Waals surface area contributed by atoms with Crippen molar-refractivity contribution in [2.75, 3.05) is 6.26 Å². The minimum atomic E-state index is -1.96. The van der Waals surface area contributed by atoms with Crippen LogP contribution < -0.4 is 4.52 Å². The maximum Gasteiger partial charge on any atom is 0.248 e. The van der Waals surface area contributed by atoms with Crippen LogP contribution in [0.4, 0.5) is 0 Å². The van der Waals surface area contributed by atoms with E-state index in [2.05, 4.69) is 0 Å². The molecule has 0 saturated heterocycles. The van der Waals surface area contributed by atoms with Gasteiger partial charge in [0.1, 0.15) is 5.75 Å². The fourth-order valence-corrected chi connectivity index (χ4v) is 2.23. The molecule has 0 bridgehead atoms. The van der Waals surface area contributed by atoms with Crippen molar-refractivity contribution in [2.24, 2.45) is 0 Å². The molecule has 1 rings (SSSR count). The molecule has 0 aliphatic rings. The summed E-state index contributed by atoms with van der Waals surface area (Å²) in [5.74, 6) is 0.687. The topological polar surface area (TPSA) is 26.3 Å². The Morgan fingerprint density at radius 3 is 2.54 bits per heavy atom. The van der Waals surface area contributed by atoms with Crippen molar-refractivity contribution in [2.45, 2.75) is 11.9 Å². The van der Waals surface area contributed by atoms with Crippen LogP contribution in [0.2, 0.25) is 0 Å². The average Bonchev–Trinajstić information content (AvgIpc) is 2.18. The van der Waals surface area contributed by atoms with Crippen molar-refractivity contribution in [3.63, 3.8) is 0 Å². The zero-order valence-corrected chi connectivity index (χ0v) is 9.51. The summed E-state index contributed by atoms with van der Waals surface area (Å²) in [7, 11) is -1.96. The van der Waals surface area contributed by atoms with Gasteiger partial charge in [0.05, 0.1) is 4.99 Å². The smallest absolute Gasteiger partial charge is 0.248 e. The molecule has 72 valence electrons. The van der Waals surface area contributed by atoms with Gasteiger partial charge in [0.25, 0.3) is 0 Å². The molecule has 0 fully saturated rings. The van der Waals surface area contributed by atoms with E-state index in [1.807, 2.05) is 43.5 Å². The van der Waals surface area contributed by atoms with Crippen LogP contribution in [0.3, 0.4) is 0 Å². The summed E-state index contributed by atoms with van der Waals surface area (Å²) >= 11 is 1.56. The monoisotopic (exact) mass is 216 g/mol. The van der Waals surface area contributed by atoms with Crippen molar-refractivity contribution >= 4 is 19.8 Å². The molecule has 2 unspecified atom stereocenters. The van der Waals surface area contributed by atoms with Crippen molar-refractivity contribution in [1.29, 1.82) is 0 Å². The summed E-state index contributed by atoms with van der Waals surface area (Å²) in [4.78, 5) is 0.0743. The fourth-order valence-electron chi connectivity index (χ4n) is 0.784. The molecule has 1 aromatic carbocycles. The van der Waals surface area contributed by atoms with Gasteiger partial charge in [-0.1, -0.05) is 18.2 Å². The van der Waals surface area contributed by atoms with Crippen molar-refractivity contribution in [1.82, 2.24) is 0 Å². The molecule has 0 saturated carbocycles. The highest BCUT2D eigenvalue weighted by molar-refractivity contribution is 8.03. The molecule has 0 aliphatic heterocycles. The van der Waals surface area contributed by atoms with Crippen LogP contribution in [0.1, 0.15) is 6.92 Å². The second-order valence-electron chi connectivity index (χ2n) is 2.61. The van der Waals surface area contributed by atoms with Gasteiger partial charge in [0.15, 0.2) is 0 Å². The number of hydrogen-bond acceptors (Lipinski definition) is 3. The van der Waals surface area contributed by atoms with E-state index in [9.17, 15) is 4.57 Å². The third kappa shape index (κ3) is 3.45. The number of benzene rings is 1. The zero-order chi connectivity index (χ0) is 9.68. The van der Waals surface area contributed by atoms with Crippen LogP contribution in [0.15, 0.2) is 30.3 Å². The van der Waals surface area contributed by atoms with Crippen molar-refractivity contribution in [3.8, 4) is 5.75 Å². The largest absolute Gasteiger partial charge is 0.444 e. The van der Waals surface area contributed by atoms with Gasteiger partial charge in [-0.15, -0.1) is 0 Å². The highest BCUT2D eigenvalue weighted by Crippen LogP contribution is 2.36. The van der Waals surface area contributed by atoms with Gasteiger partial charge in [-0.3, -0.25) is 4.57 Å². The van der Waals surface area contributed by atoms with Crippen LogP contribution in [-0.2, 0) is 4.57 Å². The predicted octanol–water partition coefficient (Wildman–Crippen LogP) is 3.25. The van der Waals surface area contributed by atoms with E-state index < -0.39 is 8.03 Å². The Bertz CT molecular complexity index is 276. The lowest BCUT2D eigenvalue weighted by Crippen LogP contribution is -1.92. The van der Waals surface area contributed by atoms with Crippen molar-refractivity contribution < 1.29 is 9.09 Å². The lowest BCUT2D eigenvalue weighted by Gasteiger charge is -2.09. The Hall–Kier alpha value is -0.400. The molecule has 0 radical (unpaired) electrons. The lowest BCUT2D eigenvalue weighted by molar-refractivity contribution is 0.504. The van der Waals surface area contributed by atoms with Crippen LogP contribution in [0, 0.1) is 0 Å². The Morgan fingerprint density at radius 1 is 1.38 bits per heavy atom. The second kappa shape index (κ2) is 5.36. The summed E-state index contributed by atoms with van der Waals surface area (Å²) in [6.07, 6.45) is 1.93. The predicted molar refractivity (Wildman–Crippen MR) is 59.0 cm³/mol. The molecule has 2 nitrogen and oxygen atoms in total. The zero-order valence-electron chi connectivity index (χ0n) is 7.69. The molecule has 0 aliphatic carbocycles. The Balaban J connectivity index is 2.55. The number of rotatable bonds is 4. The molecule has 0 amide bonds. The van der Waals surface area contributed by atoms with Gasteiger partial charge in [-0.25, -0.2) is 0 Å². The van der Waals surface area contributed by atoms with E-state index in [1.54, 1.807) is 11.8 Å². The van der Waals surface area contributed by atoms with E-state index in [0.29, 0.717) is 5.75 Å². The standard InChI is InChI=1S/C9H13O2PS/c1-8(13-2)12(10)11-9-6-4-3-5-7-9/h3-8,12H,1-2H3. The summed E-state index contributed by atoms with van der Waals surface area (Å²) < 4.78 is 16.8. The Labute approximate surface area is 83.6 Å². The number of hydrogen-bond donors (Lipinski definition) is 0. The van der Waals surface area contributed by atoms with Gasteiger partial charge in [0.2, 0.25) is 8.03 Å². The highest BCUT2D eigenvalue weighted by Gasteiger charge is 2.10. The molecule has 1 aromatic rings. The average molecular weight is 216 g/mol. The molecule has 0 heterocycles. The molecule has 0 N–H and O–H groups in total. The van der Waals surface area contributed by atoms with Crippen LogP contribution >= 0.6 is 19.8 Å². The second-order valence-corrected chi connectivity index (χ2v) is 5.92. The molecule has 0 spiro atoms. The Morgan fingerprint density at radius 2 is 2.00 bits per heavy atom.